The number of hydrogen-bond donors (Lipinski definition) is 3. The number of aliphatic carboxylic acids is 1. The second-order valence-electron chi connectivity index (χ2n) is 5.19. The molecule has 0 aliphatic heterocycles. The molecule has 1 fully saturated rings. The third-order valence-electron chi connectivity index (χ3n) is 3.91. The number of carboxylic acid groups (broad SMARTS) is 1. The highest BCUT2D eigenvalue weighted by Crippen LogP contribution is 2.26. The highest BCUT2D eigenvalue weighted by molar-refractivity contribution is 5.85. The molecule has 5 heteroatoms. The fourth-order valence-corrected chi connectivity index (χ4v) is 2.79. The Morgan fingerprint density at radius 2 is 2.00 bits per heavy atom. The molecule has 4 N–H and O–H groups in total. The van der Waals surface area contributed by atoms with E-state index in [0.717, 1.165) is 18.4 Å². The van der Waals surface area contributed by atoms with Crippen molar-refractivity contribution >= 4 is 11.9 Å². The standard InChI is InChI=1S/C15H20N2O3/c16-9-12(10-5-2-1-3-6-10)14(18)17-13-8-4-7-11(13)15(19)20/h1-3,5-6,11-13H,4,7-9,16H2,(H,17,18)(H,19,20). The Kier molecular flexibility index (Phi) is 4.74. The van der Waals surface area contributed by atoms with Crippen molar-refractivity contribution in [3.8, 4) is 0 Å². The maximum atomic E-state index is 12.3. The van der Waals surface area contributed by atoms with Gasteiger partial charge in [0.2, 0.25) is 5.91 Å². The zero-order chi connectivity index (χ0) is 14.5. The zero-order valence-electron chi connectivity index (χ0n) is 11.3. The summed E-state index contributed by atoms with van der Waals surface area (Å²) < 4.78 is 0. The van der Waals surface area contributed by atoms with Gasteiger partial charge < -0.3 is 16.2 Å². The molecule has 0 spiro atoms. The predicted molar refractivity (Wildman–Crippen MR) is 75.1 cm³/mol. The molecule has 1 aromatic carbocycles. The number of rotatable bonds is 5. The molecule has 0 bridgehead atoms. The lowest BCUT2D eigenvalue weighted by atomic mass is 9.96. The highest BCUT2D eigenvalue weighted by Gasteiger charge is 2.35. The van der Waals surface area contributed by atoms with Gasteiger partial charge in [0.05, 0.1) is 11.8 Å². The lowest BCUT2D eigenvalue weighted by Crippen LogP contribution is -2.43. The van der Waals surface area contributed by atoms with E-state index >= 15 is 0 Å². The van der Waals surface area contributed by atoms with Gasteiger partial charge in [-0.15, -0.1) is 0 Å². The SMILES string of the molecule is NCC(C(=O)NC1CCCC1C(=O)O)c1ccccc1. The number of nitrogens with two attached hydrogens (primary N) is 1. The molecule has 0 heterocycles. The second-order valence-corrected chi connectivity index (χ2v) is 5.19. The Balaban J connectivity index is 2.05. The van der Waals surface area contributed by atoms with E-state index in [0.29, 0.717) is 6.42 Å². The predicted octanol–water partition coefficient (Wildman–Crippen LogP) is 1.10. The Hall–Kier alpha value is -1.88. The van der Waals surface area contributed by atoms with E-state index in [-0.39, 0.29) is 18.5 Å². The minimum absolute atomic E-state index is 0.183. The first-order chi connectivity index (χ1) is 9.63. The summed E-state index contributed by atoms with van der Waals surface area (Å²) in [5.41, 5.74) is 6.56. The first-order valence-electron chi connectivity index (χ1n) is 6.91. The average molecular weight is 276 g/mol. The van der Waals surface area contributed by atoms with Crippen molar-refractivity contribution in [1.29, 1.82) is 0 Å². The van der Waals surface area contributed by atoms with E-state index in [2.05, 4.69) is 5.32 Å². The lowest BCUT2D eigenvalue weighted by molar-refractivity contribution is -0.142. The van der Waals surface area contributed by atoms with E-state index in [4.69, 9.17) is 10.8 Å². The van der Waals surface area contributed by atoms with Gasteiger partial charge in [0.1, 0.15) is 0 Å². The molecule has 1 aliphatic rings. The Morgan fingerprint density at radius 3 is 2.60 bits per heavy atom. The summed E-state index contributed by atoms with van der Waals surface area (Å²) in [5, 5.41) is 12.0. The number of hydrogen-bond acceptors (Lipinski definition) is 3. The lowest BCUT2D eigenvalue weighted by Gasteiger charge is -2.21. The van der Waals surface area contributed by atoms with Crippen LogP contribution in [0.1, 0.15) is 30.7 Å². The van der Waals surface area contributed by atoms with Gasteiger partial charge in [-0.3, -0.25) is 9.59 Å². The molecular formula is C15H20N2O3. The van der Waals surface area contributed by atoms with Crippen LogP contribution in [0.25, 0.3) is 0 Å². The van der Waals surface area contributed by atoms with Crippen molar-refractivity contribution < 1.29 is 14.7 Å². The van der Waals surface area contributed by atoms with Crippen LogP contribution in [-0.2, 0) is 9.59 Å². The smallest absolute Gasteiger partial charge is 0.308 e. The van der Waals surface area contributed by atoms with Gasteiger partial charge in [-0.1, -0.05) is 36.8 Å². The van der Waals surface area contributed by atoms with Gasteiger partial charge in [0.25, 0.3) is 0 Å². The fourth-order valence-electron chi connectivity index (χ4n) is 2.79. The molecule has 0 aromatic heterocycles. The molecule has 0 radical (unpaired) electrons. The van der Waals surface area contributed by atoms with Gasteiger partial charge in [0, 0.05) is 12.6 Å². The largest absolute Gasteiger partial charge is 0.481 e. The van der Waals surface area contributed by atoms with Crippen LogP contribution in [0.4, 0.5) is 0 Å². The van der Waals surface area contributed by atoms with Crippen LogP contribution in [0.2, 0.25) is 0 Å². The molecule has 1 amide bonds. The van der Waals surface area contributed by atoms with Crippen molar-refractivity contribution in [1.82, 2.24) is 5.32 Å². The Morgan fingerprint density at radius 1 is 1.30 bits per heavy atom. The maximum absolute atomic E-state index is 12.3. The van der Waals surface area contributed by atoms with Crippen LogP contribution in [0.5, 0.6) is 0 Å². The molecule has 3 atom stereocenters. The molecule has 0 saturated heterocycles. The third kappa shape index (κ3) is 3.17. The van der Waals surface area contributed by atoms with Crippen LogP contribution >= 0.6 is 0 Å². The monoisotopic (exact) mass is 276 g/mol. The number of carbonyl (C=O) groups is 2. The zero-order valence-corrected chi connectivity index (χ0v) is 11.3. The number of benzene rings is 1. The summed E-state index contributed by atoms with van der Waals surface area (Å²) >= 11 is 0. The molecule has 20 heavy (non-hydrogen) atoms. The van der Waals surface area contributed by atoms with E-state index in [1.165, 1.54) is 0 Å². The molecule has 1 aliphatic carbocycles. The summed E-state index contributed by atoms with van der Waals surface area (Å²) in [4.78, 5) is 23.4. The van der Waals surface area contributed by atoms with Crippen molar-refractivity contribution in [3.63, 3.8) is 0 Å². The van der Waals surface area contributed by atoms with Crippen molar-refractivity contribution in [3.05, 3.63) is 35.9 Å². The van der Waals surface area contributed by atoms with Crippen LogP contribution in [0.15, 0.2) is 30.3 Å². The molecule has 3 unspecified atom stereocenters. The van der Waals surface area contributed by atoms with E-state index < -0.39 is 17.8 Å². The van der Waals surface area contributed by atoms with Gasteiger partial charge in [0.15, 0.2) is 0 Å². The van der Waals surface area contributed by atoms with Gasteiger partial charge in [-0.05, 0) is 18.4 Å². The van der Waals surface area contributed by atoms with Gasteiger partial charge in [-0.25, -0.2) is 0 Å². The summed E-state index contributed by atoms with van der Waals surface area (Å²) in [6.45, 7) is 0.209. The molecule has 2 rings (SSSR count). The first-order valence-corrected chi connectivity index (χ1v) is 6.91. The number of amides is 1. The second kappa shape index (κ2) is 6.52. The van der Waals surface area contributed by atoms with Crippen LogP contribution < -0.4 is 11.1 Å². The van der Waals surface area contributed by atoms with Crippen molar-refractivity contribution in [2.24, 2.45) is 11.7 Å². The molecular weight excluding hydrogens is 256 g/mol. The van der Waals surface area contributed by atoms with Gasteiger partial charge >= 0.3 is 5.97 Å². The number of carboxylic acids is 1. The van der Waals surface area contributed by atoms with Crippen LogP contribution in [-0.4, -0.2) is 29.6 Å². The van der Waals surface area contributed by atoms with E-state index in [1.54, 1.807) is 0 Å². The van der Waals surface area contributed by atoms with E-state index in [9.17, 15) is 9.59 Å². The minimum atomic E-state index is -0.836. The summed E-state index contributed by atoms with van der Waals surface area (Å²) in [6.07, 6.45) is 2.17. The molecule has 1 saturated carbocycles. The quantitative estimate of drug-likeness (QED) is 0.751. The van der Waals surface area contributed by atoms with Crippen LogP contribution in [0, 0.1) is 5.92 Å². The Labute approximate surface area is 118 Å². The normalized spacial score (nSPS) is 23.2. The summed E-state index contributed by atoms with van der Waals surface area (Å²) in [7, 11) is 0. The highest BCUT2D eigenvalue weighted by atomic mass is 16.4. The molecule has 108 valence electrons. The Bertz CT molecular complexity index is 475. The average Bonchev–Trinajstić information content (AvgIpc) is 2.89. The summed E-state index contributed by atoms with van der Waals surface area (Å²) in [6, 6.07) is 9.05. The molecule has 1 aromatic rings. The fraction of sp³-hybridized carbons (Fsp3) is 0.467. The van der Waals surface area contributed by atoms with Gasteiger partial charge in [-0.2, -0.15) is 0 Å². The summed E-state index contributed by atoms with van der Waals surface area (Å²) in [5.74, 6) is -1.92. The molecule has 5 nitrogen and oxygen atoms in total. The first kappa shape index (κ1) is 14.5. The number of nitrogens with one attached hydrogen (secondary N) is 1. The topological polar surface area (TPSA) is 92.4 Å². The van der Waals surface area contributed by atoms with Crippen molar-refractivity contribution in [2.45, 2.75) is 31.2 Å². The maximum Gasteiger partial charge on any atom is 0.308 e. The van der Waals surface area contributed by atoms with Crippen molar-refractivity contribution in [2.75, 3.05) is 6.54 Å². The van der Waals surface area contributed by atoms with E-state index in [1.807, 2.05) is 30.3 Å². The third-order valence-corrected chi connectivity index (χ3v) is 3.91. The minimum Gasteiger partial charge on any atom is -0.481 e. The number of carbonyl (C=O) groups excluding carboxylic acids is 1. The van der Waals surface area contributed by atoms with Crippen LogP contribution in [0.3, 0.4) is 0 Å².